The highest BCUT2D eigenvalue weighted by molar-refractivity contribution is 5.73. The van der Waals surface area contributed by atoms with E-state index in [1.54, 1.807) is 18.6 Å². The first kappa shape index (κ1) is 17.2. The van der Waals surface area contributed by atoms with Crippen molar-refractivity contribution in [1.82, 2.24) is 20.2 Å². The zero-order valence-corrected chi connectivity index (χ0v) is 14.9. The fourth-order valence-electron chi connectivity index (χ4n) is 2.91. The number of anilines is 4. The number of nitrogens with one attached hydrogen (secondary N) is 2. The summed E-state index contributed by atoms with van der Waals surface area (Å²) in [5, 5.41) is 14.7. The van der Waals surface area contributed by atoms with Crippen LogP contribution in [0.4, 0.5) is 23.1 Å². The van der Waals surface area contributed by atoms with Crippen molar-refractivity contribution < 1.29 is 4.74 Å². The van der Waals surface area contributed by atoms with Crippen LogP contribution in [0, 0.1) is 0 Å². The van der Waals surface area contributed by atoms with E-state index in [1.807, 2.05) is 30.3 Å². The summed E-state index contributed by atoms with van der Waals surface area (Å²) in [6.45, 7) is 3.85. The molecule has 0 amide bonds. The van der Waals surface area contributed by atoms with Crippen molar-refractivity contribution in [3.63, 3.8) is 0 Å². The predicted molar refractivity (Wildman–Crippen MR) is 104 cm³/mol. The van der Waals surface area contributed by atoms with E-state index in [0.717, 1.165) is 43.2 Å². The Morgan fingerprint density at radius 1 is 1.04 bits per heavy atom. The molecule has 1 aliphatic heterocycles. The van der Waals surface area contributed by atoms with Gasteiger partial charge in [-0.1, -0.05) is 12.1 Å². The molecule has 27 heavy (non-hydrogen) atoms. The fourth-order valence-corrected chi connectivity index (χ4v) is 2.91. The molecule has 8 nitrogen and oxygen atoms in total. The molecule has 138 valence electrons. The average molecular weight is 363 g/mol. The van der Waals surface area contributed by atoms with Gasteiger partial charge in [-0.25, -0.2) is 0 Å². The van der Waals surface area contributed by atoms with Gasteiger partial charge in [0, 0.05) is 32.0 Å². The Morgan fingerprint density at radius 3 is 2.70 bits per heavy atom. The second-order valence-corrected chi connectivity index (χ2v) is 6.12. The minimum Gasteiger partial charge on any atom is -0.378 e. The first-order valence-electron chi connectivity index (χ1n) is 8.90. The summed E-state index contributed by atoms with van der Waals surface area (Å²) in [7, 11) is 0. The van der Waals surface area contributed by atoms with Gasteiger partial charge in [0.1, 0.15) is 0 Å². The summed E-state index contributed by atoms with van der Waals surface area (Å²) >= 11 is 0. The van der Waals surface area contributed by atoms with Gasteiger partial charge in [0.05, 0.1) is 30.8 Å². The van der Waals surface area contributed by atoms with Crippen LogP contribution in [0.5, 0.6) is 0 Å². The summed E-state index contributed by atoms with van der Waals surface area (Å²) < 4.78 is 5.45. The van der Waals surface area contributed by atoms with Gasteiger partial charge in [0.2, 0.25) is 5.95 Å². The van der Waals surface area contributed by atoms with Gasteiger partial charge in [-0.15, -0.1) is 5.10 Å². The van der Waals surface area contributed by atoms with Crippen LogP contribution in [0.25, 0.3) is 0 Å². The molecule has 1 aliphatic rings. The average Bonchev–Trinajstić information content (AvgIpc) is 2.74. The van der Waals surface area contributed by atoms with Gasteiger partial charge in [0.15, 0.2) is 5.82 Å². The molecule has 3 heterocycles. The molecule has 0 bridgehead atoms. The van der Waals surface area contributed by atoms with Gasteiger partial charge >= 0.3 is 0 Å². The van der Waals surface area contributed by atoms with Crippen LogP contribution < -0.4 is 15.5 Å². The topological polar surface area (TPSA) is 88.1 Å². The van der Waals surface area contributed by atoms with Gasteiger partial charge in [-0.05, 0) is 29.8 Å². The predicted octanol–water partition coefficient (Wildman–Crippen LogP) is 2.46. The van der Waals surface area contributed by atoms with E-state index in [-0.39, 0.29) is 0 Å². The lowest BCUT2D eigenvalue weighted by Gasteiger charge is -2.30. The Labute approximate surface area is 157 Å². The SMILES string of the molecule is c1ccc(N2CCOCC2)c(Nc2nncc(NCc3ccncc3)n2)c1. The smallest absolute Gasteiger partial charge is 0.249 e. The molecule has 1 saturated heterocycles. The second kappa shape index (κ2) is 8.41. The number of hydrogen-bond acceptors (Lipinski definition) is 8. The minimum absolute atomic E-state index is 0.454. The molecule has 4 rings (SSSR count). The number of morpholine rings is 1. The summed E-state index contributed by atoms with van der Waals surface area (Å²) in [6.07, 6.45) is 5.15. The summed E-state index contributed by atoms with van der Waals surface area (Å²) in [5.74, 6) is 1.11. The van der Waals surface area contributed by atoms with Crippen LogP contribution in [0.15, 0.2) is 55.0 Å². The number of ether oxygens (including phenoxy) is 1. The quantitative estimate of drug-likeness (QED) is 0.690. The number of benzene rings is 1. The largest absolute Gasteiger partial charge is 0.378 e. The molecule has 0 atom stereocenters. The third kappa shape index (κ3) is 4.48. The third-order valence-electron chi connectivity index (χ3n) is 4.28. The fraction of sp³-hybridized carbons (Fsp3) is 0.263. The van der Waals surface area contributed by atoms with E-state index < -0.39 is 0 Å². The van der Waals surface area contributed by atoms with Crippen LogP contribution in [0.1, 0.15) is 5.56 Å². The van der Waals surface area contributed by atoms with Gasteiger partial charge in [0.25, 0.3) is 0 Å². The number of pyridine rings is 1. The van der Waals surface area contributed by atoms with E-state index in [2.05, 4.69) is 41.8 Å². The Kier molecular flexibility index (Phi) is 5.35. The zero-order valence-electron chi connectivity index (χ0n) is 14.9. The Balaban J connectivity index is 1.47. The molecule has 8 heteroatoms. The lowest BCUT2D eigenvalue weighted by atomic mass is 10.2. The first-order chi connectivity index (χ1) is 13.4. The zero-order chi connectivity index (χ0) is 18.3. The van der Waals surface area contributed by atoms with Gasteiger partial charge < -0.3 is 20.3 Å². The molecule has 1 fully saturated rings. The summed E-state index contributed by atoms with van der Waals surface area (Å²) in [4.78, 5) is 10.8. The highest BCUT2D eigenvalue weighted by Gasteiger charge is 2.15. The van der Waals surface area contributed by atoms with Gasteiger partial charge in [-0.2, -0.15) is 10.1 Å². The minimum atomic E-state index is 0.454. The van der Waals surface area contributed by atoms with E-state index >= 15 is 0 Å². The van der Waals surface area contributed by atoms with Crippen molar-refractivity contribution in [2.75, 3.05) is 41.8 Å². The molecule has 3 aromatic rings. The van der Waals surface area contributed by atoms with E-state index in [4.69, 9.17) is 4.74 Å². The summed E-state index contributed by atoms with van der Waals surface area (Å²) in [5.41, 5.74) is 3.18. The van der Waals surface area contributed by atoms with Crippen LogP contribution in [0.3, 0.4) is 0 Å². The number of para-hydroxylation sites is 2. The van der Waals surface area contributed by atoms with Crippen molar-refractivity contribution in [2.24, 2.45) is 0 Å². The molecule has 0 saturated carbocycles. The number of nitrogens with zero attached hydrogens (tertiary/aromatic N) is 5. The van der Waals surface area contributed by atoms with Crippen molar-refractivity contribution in [2.45, 2.75) is 6.54 Å². The second-order valence-electron chi connectivity index (χ2n) is 6.12. The van der Waals surface area contributed by atoms with Crippen LogP contribution >= 0.6 is 0 Å². The normalized spacial score (nSPS) is 14.0. The summed E-state index contributed by atoms with van der Waals surface area (Å²) in [6, 6.07) is 12.0. The molecule has 1 aromatic carbocycles. The number of rotatable bonds is 6. The standard InChI is InChI=1S/C19H21N7O/c1-2-4-17(26-9-11-27-12-10-26)16(3-1)23-19-24-18(14-22-25-19)21-13-15-5-7-20-8-6-15/h1-8,14H,9-13H2,(H2,21,23,24,25). The maximum atomic E-state index is 5.45. The van der Waals surface area contributed by atoms with Crippen molar-refractivity contribution in [1.29, 1.82) is 0 Å². The van der Waals surface area contributed by atoms with Crippen molar-refractivity contribution in [3.8, 4) is 0 Å². The highest BCUT2D eigenvalue weighted by Crippen LogP contribution is 2.28. The lowest BCUT2D eigenvalue weighted by molar-refractivity contribution is 0.123. The van der Waals surface area contributed by atoms with Gasteiger partial charge in [-0.3, -0.25) is 4.98 Å². The molecule has 0 spiro atoms. The first-order valence-corrected chi connectivity index (χ1v) is 8.90. The maximum Gasteiger partial charge on any atom is 0.249 e. The van der Waals surface area contributed by atoms with E-state index in [1.165, 1.54) is 0 Å². The van der Waals surface area contributed by atoms with Crippen LogP contribution in [0.2, 0.25) is 0 Å². The Bertz CT molecular complexity index is 869. The molecular formula is C19H21N7O. The number of hydrogen-bond donors (Lipinski definition) is 2. The van der Waals surface area contributed by atoms with Crippen LogP contribution in [-0.4, -0.2) is 46.5 Å². The molecule has 2 aromatic heterocycles. The molecule has 0 unspecified atom stereocenters. The lowest BCUT2D eigenvalue weighted by Crippen LogP contribution is -2.36. The molecule has 0 radical (unpaired) electrons. The van der Waals surface area contributed by atoms with Crippen molar-refractivity contribution >= 4 is 23.1 Å². The Morgan fingerprint density at radius 2 is 1.85 bits per heavy atom. The third-order valence-corrected chi connectivity index (χ3v) is 4.28. The highest BCUT2D eigenvalue weighted by atomic mass is 16.5. The maximum absolute atomic E-state index is 5.45. The van der Waals surface area contributed by atoms with E-state index in [9.17, 15) is 0 Å². The molecule has 2 N–H and O–H groups in total. The van der Waals surface area contributed by atoms with Crippen molar-refractivity contribution in [3.05, 3.63) is 60.6 Å². The monoisotopic (exact) mass is 363 g/mol. The van der Waals surface area contributed by atoms with Crippen LogP contribution in [-0.2, 0) is 11.3 Å². The Hall–Kier alpha value is -3.26. The number of aromatic nitrogens is 4. The van der Waals surface area contributed by atoms with E-state index in [0.29, 0.717) is 18.3 Å². The molecular weight excluding hydrogens is 342 g/mol. The molecule has 0 aliphatic carbocycles.